The molecule has 3 unspecified atom stereocenters. The highest BCUT2D eigenvalue weighted by Crippen LogP contribution is 2.74. The number of hydrogen-bond acceptors (Lipinski definition) is 4. The Morgan fingerprint density at radius 3 is 2.95 bits per heavy atom. The fraction of sp³-hybridized carbons (Fsp3) is 0.611. The largest absolute Gasteiger partial charge is 0.508 e. The highest BCUT2D eigenvalue weighted by molar-refractivity contribution is 5.84. The molecule has 7 rings (SSSR count). The fourth-order valence-corrected chi connectivity index (χ4v) is 6.45. The number of aromatic hydroxyl groups is 1. The van der Waals surface area contributed by atoms with Gasteiger partial charge in [-0.3, -0.25) is 4.79 Å². The maximum Gasteiger partial charge on any atom is 0.313 e. The van der Waals surface area contributed by atoms with Crippen molar-refractivity contribution >= 4 is 5.97 Å². The van der Waals surface area contributed by atoms with Crippen molar-refractivity contribution in [2.45, 2.75) is 50.9 Å². The number of phenols is 1. The van der Waals surface area contributed by atoms with Crippen LogP contribution in [0.1, 0.15) is 47.6 Å². The lowest BCUT2D eigenvalue weighted by Crippen LogP contribution is -2.64. The van der Waals surface area contributed by atoms with Crippen LogP contribution in [0.2, 0.25) is 0 Å². The van der Waals surface area contributed by atoms with E-state index in [1.165, 1.54) is 11.1 Å². The van der Waals surface area contributed by atoms with Gasteiger partial charge in [-0.1, -0.05) is 6.92 Å². The van der Waals surface area contributed by atoms with E-state index in [2.05, 4.69) is 6.92 Å². The quantitative estimate of drug-likeness (QED) is 0.747. The van der Waals surface area contributed by atoms with E-state index >= 15 is 0 Å². The summed E-state index contributed by atoms with van der Waals surface area (Å²) in [6.45, 7) is 4.14. The first kappa shape index (κ1) is 11.9. The van der Waals surface area contributed by atoms with Gasteiger partial charge < -0.3 is 14.6 Å². The van der Waals surface area contributed by atoms with Crippen molar-refractivity contribution in [3.8, 4) is 5.75 Å². The van der Waals surface area contributed by atoms with Crippen molar-refractivity contribution in [1.82, 2.24) is 0 Å². The number of hydrogen-bond donors (Lipinski definition) is 1. The predicted molar refractivity (Wildman–Crippen MR) is 76.5 cm³/mol. The molecule has 4 bridgehead atoms. The molecule has 1 saturated carbocycles. The summed E-state index contributed by atoms with van der Waals surface area (Å²) in [6, 6.07) is 1.91. The molecular weight excluding hydrogens is 280 g/mol. The van der Waals surface area contributed by atoms with E-state index in [1.807, 2.05) is 13.0 Å². The predicted octanol–water partition coefficient (Wildman–Crippen LogP) is 2.36. The molecule has 3 heterocycles. The Balaban J connectivity index is 1.75. The SMILES string of the molecule is Cc1c(O)cc2c3c1[C@H]1O[C@@H]4C(C)C5(CC2)C(=O)O[C@H]4[C@H]1C35. The van der Waals surface area contributed by atoms with Crippen LogP contribution in [-0.2, 0) is 20.7 Å². The molecule has 4 nitrogen and oxygen atoms in total. The molecule has 22 heavy (non-hydrogen) atoms. The molecule has 0 aromatic heterocycles. The summed E-state index contributed by atoms with van der Waals surface area (Å²) < 4.78 is 12.2. The van der Waals surface area contributed by atoms with Gasteiger partial charge in [-0.2, -0.15) is 0 Å². The van der Waals surface area contributed by atoms with Crippen LogP contribution in [0.5, 0.6) is 5.75 Å². The van der Waals surface area contributed by atoms with Gasteiger partial charge in [0.25, 0.3) is 0 Å². The molecule has 4 fully saturated rings. The Bertz CT molecular complexity index is 769. The maximum absolute atomic E-state index is 12.8. The monoisotopic (exact) mass is 298 g/mol. The molecule has 3 saturated heterocycles. The Labute approximate surface area is 128 Å². The number of ether oxygens (including phenoxy) is 2. The normalized spacial score (nSPS) is 48.7. The molecule has 0 radical (unpaired) electrons. The average Bonchev–Trinajstić information content (AvgIpc) is 2.99. The lowest BCUT2D eigenvalue weighted by Gasteiger charge is -2.57. The third-order valence-electron chi connectivity index (χ3n) is 7.36. The second-order valence-electron chi connectivity index (χ2n) is 7.78. The van der Waals surface area contributed by atoms with Gasteiger partial charge in [0, 0.05) is 17.8 Å². The molecule has 6 aliphatic rings. The van der Waals surface area contributed by atoms with E-state index in [0.717, 1.165) is 24.0 Å². The summed E-state index contributed by atoms with van der Waals surface area (Å²) in [4.78, 5) is 12.8. The van der Waals surface area contributed by atoms with Gasteiger partial charge in [0.15, 0.2) is 0 Å². The van der Waals surface area contributed by atoms with Crippen LogP contribution in [0.4, 0.5) is 0 Å². The summed E-state index contributed by atoms with van der Waals surface area (Å²) in [5, 5.41) is 10.3. The standard InChI is InChI=1S/C18H18O4/c1-6-9(19)5-8-3-4-18-7(2)14-16(22-17(18)20)12-13(18)11(8)10(6)15(12)21-14/h5,7,12-16,19H,3-4H2,1-2H3/t7?,12-,13?,14+,15+,16-,18?/m0/s1. The van der Waals surface area contributed by atoms with Gasteiger partial charge >= 0.3 is 5.97 Å². The van der Waals surface area contributed by atoms with Crippen molar-refractivity contribution in [3.05, 3.63) is 28.3 Å². The van der Waals surface area contributed by atoms with Gasteiger partial charge in [0.1, 0.15) is 11.9 Å². The fourth-order valence-electron chi connectivity index (χ4n) is 6.45. The highest BCUT2D eigenvalue weighted by atomic mass is 16.6. The smallest absolute Gasteiger partial charge is 0.313 e. The summed E-state index contributed by atoms with van der Waals surface area (Å²) in [5.41, 5.74) is 4.21. The number of fused-ring (bicyclic) bond motifs is 2. The lowest BCUT2D eigenvalue weighted by molar-refractivity contribution is -0.215. The van der Waals surface area contributed by atoms with Crippen LogP contribution in [-0.4, -0.2) is 23.3 Å². The zero-order chi connectivity index (χ0) is 15.0. The lowest BCUT2D eigenvalue weighted by atomic mass is 9.49. The molecule has 114 valence electrons. The number of carbonyl (C=O) groups excluding carboxylic acids is 1. The minimum Gasteiger partial charge on any atom is -0.508 e. The minimum atomic E-state index is -0.402. The molecule has 1 spiro atoms. The minimum absolute atomic E-state index is 0.00336. The third kappa shape index (κ3) is 0.913. The Hall–Kier alpha value is -1.55. The molecule has 0 amide bonds. The zero-order valence-electron chi connectivity index (χ0n) is 12.6. The topological polar surface area (TPSA) is 55.8 Å². The molecule has 4 heteroatoms. The highest BCUT2D eigenvalue weighted by Gasteiger charge is 2.76. The number of carbonyl (C=O) groups is 1. The van der Waals surface area contributed by atoms with E-state index in [4.69, 9.17) is 9.47 Å². The summed E-state index contributed by atoms with van der Waals surface area (Å²) in [6.07, 6.45) is 1.60. The van der Waals surface area contributed by atoms with Gasteiger partial charge in [-0.05, 0) is 48.1 Å². The maximum atomic E-state index is 12.8. The molecule has 3 aliphatic heterocycles. The van der Waals surface area contributed by atoms with Crippen molar-refractivity contribution < 1.29 is 19.4 Å². The van der Waals surface area contributed by atoms with Crippen LogP contribution in [0.3, 0.4) is 0 Å². The van der Waals surface area contributed by atoms with Gasteiger partial charge in [-0.25, -0.2) is 0 Å². The second kappa shape index (κ2) is 3.21. The number of esters is 1. The summed E-state index contributed by atoms with van der Waals surface area (Å²) >= 11 is 0. The van der Waals surface area contributed by atoms with Gasteiger partial charge in [-0.15, -0.1) is 0 Å². The zero-order valence-corrected chi connectivity index (χ0v) is 12.6. The molecule has 1 N–H and O–H groups in total. The van der Waals surface area contributed by atoms with Crippen molar-refractivity contribution in [2.75, 3.05) is 0 Å². The van der Waals surface area contributed by atoms with Crippen LogP contribution < -0.4 is 0 Å². The number of benzene rings is 1. The van der Waals surface area contributed by atoms with E-state index in [9.17, 15) is 9.90 Å². The van der Waals surface area contributed by atoms with Crippen LogP contribution in [0, 0.1) is 24.2 Å². The molecule has 1 aromatic rings. The van der Waals surface area contributed by atoms with E-state index < -0.39 is 5.41 Å². The third-order valence-corrected chi connectivity index (χ3v) is 7.36. The molecule has 3 aliphatic carbocycles. The van der Waals surface area contributed by atoms with Crippen LogP contribution in [0.25, 0.3) is 0 Å². The van der Waals surface area contributed by atoms with E-state index in [0.29, 0.717) is 5.75 Å². The van der Waals surface area contributed by atoms with E-state index in [-0.39, 0.29) is 42.0 Å². The van der Waals surface area contributed by atoms with Crippen molar-refractivity contribution in [1.29, 1.82) is 0 Å². The first-order valence-electron chi connectivity index (χ1n) is 8.27. The molecular formula is C18H18O4. The Morgan fingerprint density at radius 1 is 1.32 bits per heavy atom. The Kier molecular flexibility index (Phi) is 1.74. The number of phenolic OH excluding ortho intramolecular Hbond substituents is 1. The second-order valence-corrected chi connectivity index (χ2v) is 7.78. The summed E-state index contributed by atoms with van der Waals surface area (Å²) in [7, 11) is 0. The number of rotatable bonds is 0. The average molecular weight is 298 g/mol. The first-order chi connectivity index (χ1) is 10.6. The van der Waals surface area contributed by atoms with E-state index in [1.54, 1.807) is 0 Å². The van der Waals surface area contributed by atoms with Crippen molar-refractivity contribution in [3.63, 3.8) is 0 Å². The molecule has 1 aromatic carbocycles. The van der Waals surface area contributed by atoms with Gasteiger partial charge in [0.2, 0.25) is 0 Å². The number of aryl methyl sites for hydroxylation is 1. The first-order valence-corrected chi connectivity index (χ1v) is 8.27. The van der Waals surface area contributed by atoms with Crippen LogP contribution >= 0.6 is 0 Å². The van der Waals surface area contributed by atoms with Crippen LogP contribution in [0.15, 0.2) is 6.07 Å². The van der Waals surface area contributed by atoms with Gasteiger partial charge in [0.05, 0.1) is 17.6 Å². The Morgan fingerprint density at radius 2 is 2.14 bits per heavy atom. The summed E-state index contributed by atoms with van der Waals surface area (Å²) in [5.74, 6) is 1.07. The van der Waals surface area contributed by atoms with Crippen molar-refractivity contribution in [2.24, 2.45) is 17.3 Å². The molecule has 7 atom stereocenters.